The molecule has 2 heterocycles. The number of carbonyl (C=O) groups is 1. The second-order valence-electron chi connectivity index (χ2n) is 5.34. The van der Waals surface area contributed by atoms with Crippen LogP contribution in [0.15, 0.2) is 18.2 Å². The highest BCUT2D eigenvalue weighted by Crippen LogP contribution is 2.34. The van der Waals surface area contributed by atoms with Crippen molar-refractivity contribution < 1.29 is 27.4 Å². The van der Waals surface area contributed by atoms with Gasteiger partial charge in [-0.15, -0.1) is 0 Å². The molecule has 2 aliphatic heterocycles. The van der Waals surface area contributed by atoms with Crippen LogP contribution in [-0.4, -0.2) is 49.8 Å². The van der Waals surface area contributed by atoms with Gasteiger partial charge in [-0.3, -0.25) is 9.69 Å². The van der Waals surface area contributed by atoms with Gasteiger partial charge in [-0.1, -0.05) is 0 Å². The van der Waals surface area contributed by atoms with E-state index in [1.54, 1.807) is 18.2 Å². The van der Waals surface area contributed by atoms with Crippen LogP contribution in [0.25, 0.3) is 0 Å². The van der Waals surface area contributed by atoms with Crippen molar-refractivity contribution in [3.8, 4) is 11.5 Å². The Balaban J connectivity index is 1.50. The summed E-state index contributed by atoms with van der Waals surface area (Å²) in [6.07, 6.45) is -4.18. The van der Waals surface area contributed by atoms with E-state index in [4.69, 9.17) is 9.47 Å². The van der Waals surface area contributed by atoms with Crippen LogP contribution < -0.4 is 14.8 Å². The van der Waals surface area contributed by atoms with Gasteiger partial charge in [-0.2, -0.15) is 13.2 Å². The molecule has 0 atom stereocenters. The van der Waals surface area contributed by atoms with E-state index in [1.807, 2.05) is 0 Å². The highest BCUT2D eigenvalue weighted by Gasteiger charge is 2.47. The summed E-state index contributed by atoms with van der Waals surface area (Å²) >= 11 is 0. The standard InChI is InChI=1S/C14H15F3N2O3/c15-14(16,17)9-6-19(7-9)8-13(20)18-10-1-2-11-12(5-10)22-4-3-21-11/h1-2,5,9H,3-4,6-8H2,(H,18,20). The molecule has 0 aromatic heterocycles. The molecule has 0 spiro atoms. The fourth-order valence-corrected chi connectivity index (χ4v) is 2.43. The van der Waals surface area contributed by atoms with E-state index in [0.717, 1.165) is 0 Å². The Bertz CT molecular complexity index is 571. The molecule has 1 amide bonds. The number of amides is 1. The van der Waals surface area contributed by atoms with Gasteiger partial charge in [0.15, 0.2) is 11.5 Å². The van der Waals surface area contributed by atoms with Crippen molar-refractivity contribution in [2.75, 3.05) is 38.2 Å². The van der Waals surface area contributed by atoms with Crippen molar-refractivity contribution in [1.29, 1.82) is 0 Å². The highest BCUT2D eigenvalue weighted by molar-refractivity contribution is 5.92. The lowest BCUT2D eigenvalue weighted by Gasteiger charge is -2.39. The van der Waals surface area contributed by atoms with Crippen LogP contribution >= 0.6 is 0 Å². The molecule has 120 valence electrons. The molecule has 0 aliphatic carbocycles. The maximum atomic E-state index is 12.4. The number of rotatable bonds is 3. The van der Waals surface area contributed by atoms with Gasteiger partial charge in [0.2, 0.25) is 5.91 Å². The zero-order valence-electron chi connectivity index (χ0n) is 11.7. The minimum Gasteiger partial charge on any atom is -0.486 e. The van der Waals surface area contributed by atoms with Crippen LogP contribution in [0.3, 0.4) is 0 Å². The van der Waals surface area contributed by atoms with E-state index in [1.165, 1.54) is 4.90 Å². The van der Waals surface area contributed by atoms with Crippen LogP contribution in [0.1, 0.15) is 0 Å². The van der Waals surface area contributed by atoms with E-state index in [2.05, 4.69) is 5.32 Å². The summed E-state index contributed by atoms with van der Waals surface area (Å²) in [7, 11) is 0. The molecule has 0 bridgehead atoms. The predicted molar refractivity (Wildman–Crippen MR) is 72.0 cm³/mol. The first-order valence-corrected chi connectivity index (χ1v) is 6.90. The number of carbonyl (C=O) groups excluding carboxylic acids is 1. The van der Waals surface area contributed by atoms with Crippen molar-refractivity contribution >= 4 is 11.6 Å². The van der Waals surface area contributed by atoms with E-state index in [-0.39, 0.29) is 25.5 Å². The Morgan fingerprint density at radius 1 is 1.23 bits per heavy atom. The summed E-state index contributed by atoms with van der Waals surface area (Å²) in [5, 5.41) is 2.65. The fraction of sp³-hybridized carbons (Fsp3) is 0.500. The molecule has 0 radical (unpaired) electrons. The molecule has 22 heavy (non-hydrogen) atoms. The smallest absolute Gasteiger partial charge is 0.394 e. The number of hydrogen-bond donors (Lipinski definition) is 1. The molecule has 1 N–H and O–H groups in total. The lowest BCUT2D eigenvalue weighted by Crippen LogP contribution is -2.55. The third-order valence-corrected chi connectivity index (χ3v) is 3.61. The number of ether oxygens (including phenoxy) is 2. The lowest BCUT2D eigenvalue weighted by atomic mass is 10.00. The van der Waals surface area contributed by atoms with Gasteiger partial charge in [0.1, 0.15) is 13.2 Å². The molecular formula is C14H15F3N2O3. The van der Waals surface area contributed by atoms with Crippen LogP contribution in [-0.2, 0) is 4.79 Å². The summed E-state index contributed by atoms with van der Waals surface area (Å²) in [5.41, 5.74) is 0.530. The number of benzene rings is 1. The summed E-state index contributed by atoms with van der Waals surface area (Å²) in [6, 6.07) is 4.99. The third-order valence-electron chi connectivity index (χ3n) is 3.61. The molecule has 3 rings (SSSR count). The summed E-state index contributed by atoms with van der Waals surface area (Å²) in [5.74, 6) is -0.517. The van der Waals surface area contributed by atoms with Crippen LogP contribution in [0, 0.1) is 5.92 Å². The first-order chi connectivity index (χ1) is 10.4. The van der Waals surface area contributed by atoms with E-state index in [0.29, 0.717) is 30.4 Å². The van der Waals surface area contributed by atoms with Crippen molar-refractivity contribution in [2.24, 2.45) is 5.92 Å². The van der Waals surface area contributed by atoms with Gasteiger partial charge >= 0.3 is 6.18 Å². The maximum absolute atomic E-state index is 12.4. The first kappa shape index (κ1) is 15.0. The average molecular weight is 316 g/mol. The van der Waals surface area contributed by atoms with Crippen LogP contribution in [0.5, 0.6) is 11.5 Å². The van der Waals surface area contributed by atoms with Gasteiger partial charge in [-0.25, -0.2) is 0 Å². The molecule has 0 unspecified atom stereocenters. The van der Waals surface area contributed by atoms with Crippen molar-refractivity contribution in [3.05, 3.63) is 18.2 Å². The minimum atomic E-state index is -4.18. The number of nitrogens with zero attached hydrogens (tertiary/aromatic N) is 1. The number of likely N-dealkylation sites (tertiary alicyclic amines) is 1. The maximum Gasteiger partial charge on any atom is 0.394 e. The van der Waals surface area contributed by atoms with Gasteiger partial charge in [-0.05, 0) is 12.1 Å². The normalized spacial score (nSPS) is 18.7. The Morgan fingerprint density at radius 2 is 1.91 bits per heavy atom. The largest absolute Gasteiger partial charge is 0.486 e. The van der Waals surface area contributed by atoms with Crippen molar-refractivity contribution in [3.63, 3.8) is 0 Å². The van der Waals surface area contributed by atoms with Gasteiger partial charge < -0.3 is 14.8 Å². The number of nitrogens with one attached hydrogen (secondary N) is 1. The molecule has 0 saturated carbocycles. The SMILES string of the molecule is O=C(CN1CC(C(F)(F)F)C1)Nc1ccc2c(c1)OCCO2. The molecule has 1 aromatic rings. The molecule has 5 nitrogen and oxygen atoms in total. The average Bonchev–Trinajstić information content (AvgIpc) is 2.41. The zero-order chi connectivity index (χ0) is 15.7. The molecule has 1 fully saturated rings. The third kappa shape index (κ3) is 3.27. The topological polar surface area (TPSA) is 50.8 Å². The Morgan fingerprint density at radius 3 is 2.59 bits per heavy atom. The number of hydrogen-bond acceptors (Lipinski definition) is 4. The Kier molecular flexibility index (Phi) is 3.86. The minimum absolute atomic E-state index is 0.0545. The summed E-state index contributed by atoms with van der Waals surface area (Å²) in [6.45, 7) is 0.613. The van der Waals surface area contributed by atoms with Gasteiger partial charge in [0.05, 0.1) is 12.5 Å². The van der Waals surface area contributed by atoms with Crippen LogP contribution in [0.2, 0.25) is 0 Å². The van der Waals surface area contributed by atoms with Gasteiger partial charge in [0, 0.05) is 24.8 Å². The molecule has 1 aromatic carbocycles. The summed E-state index contributed by atoms with van der Waals surface area (Å²) < 4.78 is 47.9. The second-order valence-corrected chi connectivity index (χ2v) is 5.34. The second kappa shape index (κ2) is 5.68. The van der Waals surface area contributed by atoms with Crippen molar-refractivity contribution in [2.45, 2.75) is 6.18 Å². The molecule has 8 heteroatoms. The number of halogens is 3. The molecule has 1 saturated heterocycles. The Hall–Kier alpha value is -1.96. The molecule has 2 aliphatic rings. The van der Waals surface area contributed by atoms with Crippen LogP contribution in [0.4, 0.5) is 18.9 Å². The highest BCUT2D eigenvalue weighted by atomic mass is 19.4. The monoisotopic (exact) mass is 316 g/mol. The summed E-state index contributed by atoms with van der Waals surface area (Å²) in [4.78, 5) is 13.3. The number of alkyl halides is 3. The van der Waals surface area contributed by atoms with E-state index in [9.17, 15) is 18.0 Å². The lowest BCUT2D eigenvalue weighted by molar-refractivity contribution is -0.208. The van der Waals surface area contributed by atoms with E-state index >= 15 is 0 Å². The predicted octanol–water partition coefficient (Wildman–Crippen LogP) is 1.89. The molecular weight excluding hydrogens is 301 g/mol. The zero-order valence-corrected chi connectivity index (χ0v) is 11.7. The van der Waals surface area contributed by atoms with E-state index < -0.39 is 12.1 Å². The first-order valence-electron chi connectivity index (χ1n) is 6.90. The fourth-order valence-electron chi connectivity index (χ4n) is 2.43. The van der Waals surface area contributed by atoms with Gasteiger partial charge in [0.25, 0.3) is 0 Å². The number of anilines is 1. The number of fused-ring (bicyclic) bond motifs is 1. The Labute approximate surface area is 125 Å². The van der Waals surface area contributed by atoms with Crippen molar-refractivity contribution in [1.82, 2.24) is 4.90 Å². The quantitative estimate of drug-likeness (QED) is 0.925.